The predicted octanol–water partition coefficient (Wildman–Crippen LogP) is 7.28. The van der Waals surface area contributed by atoms with E-state index in [-0.39, 0.29) is 5.92 Å². The van der Waals surface area contributed by atoms with Crippen molar-refractivity contribution in [2.24, 2.45) is 0 Å². The van der Waals surface area contributed by atoms with E-state index >= 15 is 0 Å². The molecule has 3 atom stereocenters. The van der Waals surface area contributed by atoms with Gasteiger partial charge in [0.15, 0.2) is 0 Å². The molecule has 0 radical (unpaired) electrons. The molecule has 0 heterocycles. The Labute approximate surface area is 165 Å². The summed E-state index contributed by atoms with van der Waals surface area (Å²) in [5.41, 5.74) is 6.14. The van der Waals surface area contributed by atoms with E-state index in [1.54, 1.807) is 0 Å². The molecule has 2 nitrogen and oxygen atoms in total. The second-order valence-corrected chi connectivity index (χ2v) is 8.30. The zero-order valence-corrected chi connectivity index (χ0v) is 18.1. The Morgan fingerprint density at radius 1 is 0.704 bits per heavy atom. The largest absolute Gasteiger partial charge is 0.507 e. The van der Waals surface area contributed by atoms with Gasteiger partial charge < -0.3 is 10.2 Å². The van der Waals surface area contributed by atoms with Crippen LogP contribution in [0.5, 0.6) is 11.5 Å². The van der Waals surface area contributed by atoms with Crippen molar-refractivity contribution in [3.8, 4) is 11.5 Å². The maximum Gasteiger partial charge on any atom is 0.122 e. The number of aromatic hydroxyl groups is 2. The smallest absolute Gasteiger partial charge is 0.122 e. The highest BCUT2D eigenvalue weighted by molar-refractivity contribution is 5.54. The van der Waals surface area contributed by atoms with E-state index in [0.717, 1.165) is 52.6 Å². The van der Waals surface area contributed by atoms with Crippen molar-refractivity contribution in [2.75, 3.05) is 0 Å². The first kappa shape index (κ1) is 21.3. The van der Waals surface area contributed by atoms with Gasteiger partial charge in [-0.15, -0.1) is 0 Å². The van der Waals surface area contributed by atoms with Crippen molar-refractivity contribution < 1.29 is 10.2 Å². The highest BCUT2D eigenvalue weighted by Crippen LogP contribution is 2.43. The van der Waals surface area contributed by atoms with Gasteiger partial charge in [0.05, 0.1) is 0 Å². The molecule has 148 valence electrons. The van der Waals surface area contributed by atoms with E-state index in [4.69, 9.17) is 0 Å². The Morgan fingerprint density at radius 3 is 1.52 bits per heavy atom. The molecule has 0 amide bonds. The Kier molecular flexibility index (Phi) is 6.97. The van der Waals surface area contributed by atoms with Crippen molar-refractivity contribution in [1.29, 1.82) is 0 Å². The number of hydrogen-bond donors (Lipinski definition) is 2. The number of rotatable bonds is 7. The van der Waals surface area contributed by atoms with Gasteiger partial charge in [-0.1, -0.05) is 76.4 Å². The average Bonchev–Trinajstić information content (AvgIpc) is 2.63. The Bertz CT molecular complexity index is 791. The number of hydrogen-bond acceptors (Lipinski definition) is 2. The van der Waals surface area contributed by atoms with Crippen molar-refractivity contribution in [3.63, 3.8) is 0 Å². The summed E-state index contributed by atoms with van der Waals surface area (Å²) in [6.45, 7) is 14.9. The van der Waals surface area contributed by atoms with Crippen LogP contribution in [0.3, 0.4) is 0 Å². The lowest BCUT2D eigenvalue weighted by molar-refractivity contribution is 0.442. The minimum absolute atomic E-state index is 0.0693. The van der Waals surface area contributed by atoms with E-state index < -0.39 is 0 Å². The lowest BCUT2D eigenvalue weighted by Gasteiger charge is -2.23. The molecule has 0 aliphatic carbocycles. The van der Waals surface area contributed by atoms with E-state index in [1.807, 2.05) is 0 Å². The molecule has 0 aromatic heterocycles. The summed E-state index contributed by atoms with van der Waals surface area (Å²) in [7, 11) is 0. The van der Waals surface area contributed by atoms with Gasteiger partial charge in [0.2, 0.25) is 0 Å². The number of benzene rings is 2. The van der Waals surface area contributed by atoms with Crippen LogP contribution in [0.25, 0.3) is 0 Å². The molecule has 2 rings (SSSR count). The molecule has 0 saturated carbocycles. The third-order valence-corrected chi connectivity index (χ3v) is 5.96. The Hall–Kier alpha value is -1.96. The summed E-state index contributed by atoms with van der Waals surface area (Å²) >= 11 is 0. The lowest BCUT2D eigenvalue weighted by atomic mass is 9.83. The van der Waals surface area contributed by atoms with E-state index in [9.17, 15) is 10.2 Å². The molecule has 0 spiro atoms. The zero-order valence-electron chi connectivity index (χ0n) is 18.1. The van der Waals surface area contributed by atoms with Crippen LogP contribution in [0.15, 0.2) is 24.3 Å². The standard InChI is InChI=1S/C25H36O2/c1-8-10-18(6)21-12-16(4)14-23(25(21)27)19(7)22-13-15(3)11-20(24(22)26)17(5)9-2/h11-14,17-19,26-27H,8-10H2,1-7H3. The third-order valence-electron chi connectivity index (χ3n) is 5.96. The fourth-order valence-corrected chi connectivity index (χ4v) is 4.06. The summed E-state index contributed by atoms with van der Waals surface area (Å²) in [6.07, 6.45) is 3.13. The highest BCUT2D eigenvalue weighted by atomic mass is 16.3. The second kappa shape index (κ2) is 8.82. The van der Waals surface area contributed by atoms with E-state index in [0.29, 0.717) is 23.3 Å². The molecule has 0 aliphatic rings. The molecule has 2 heteroatoms. The molecule has 2 N–H and O–H groups in total. The molecule has 0 fully saturated rings. The van der Waals surface area contributed by atoms with Crippen molar-refractivity contribution in [1.82, 2.24) is 0 Å². The lowest BCUT2D eigenvalue weighted by Crippen LogP contribution is -2.05. The Morgan fingerprint density at radius 2 is 1.11 bits per heavy atom. The van der Waals surface area contributed by atoms with Gasteiger partial charge in [-0.05, 0) is 49.7 Å². The minimum atomic E-state index is -0.0693. The SMILES string of the molecule is CCCC(C)c1cc(C)cc(C(C)c2cc(C)cc(C(C)CC)c2O)c1O. The summed E-state index contributed by atoms with van der Waals surface area (Å²) in [5, 5.41) is 22.0. The zero-order chi connectivity index (χ0) is 20.3. The van der Waals surface area contributed by atoms with Crippen LogP contribution >= 0.6 is 0 Å². The summed E-state index contributed by atoms with van der Waals surface area (Å²) in [4.78, 5) is 0. The normalized spacial score (nSPS) is 14.8. The van der Waals surface area contributed by atoms with Gasteiger partial charge in [0.25, 0.3) is 0 Å². The summed E-state index contributed by atoms with van der Waals surface area (Å²) in [6, 6.07) is 8.31. The average molecular weight is 369 g/mol. The molecule has 3 unspecified atom stereocenters. The maximum atomic E-state index is 11.0. The molecular weight excluding hydrogens is 332 g/mol. The van der Waals surface area contributed by atoms with Crippen LogP contribution in [0.1, 0.15) is 105 Å². The molecular formula is C25H36O2. The fourth-order valence-electron chi connectivity index (χ4n) is 4.06. The molecule has 0 aliphatic heterocycles. The van der Waals surface area contributed by atoms with Gasteiger partial charge in [0.1, 0.15) is 11.5 Å². The highest BCUT2D eigenvalue weighted by Gasteiger charge is 2.23. The molecule has 27 heavy (non-hydrogen) atoms. The molecule has 0 bridgehead atoms. The van der Waals surface area contributed by atoms with Gasteiger partial charge >= 0.3 is 0 Å². The first-order valence-corrected chi connectivity index (χ1v) is 10.4. The van der Waals surface area contributed by atoms with Crippen molar-refractivity contribution >= 4 is 0 Å². The quantitative estimate of drug-likeness (QED) is 0.539. The van der Waals surface area contributed by atoms with Crippen LogP contribution in [-0.4, -0.2) is 10.2 Å². The van der Waals surface area contributed by atoms with Crippen molar-refractivity contribution in [3.05, 3.63) is 57.6 Å². The van der Waals surface area contributed by atoms with Gasteiger partial charge in [-0.3, -0.25) is 0 Å². The van der Waals surface area contributed by atoms with E-state index in [1.165, 1.54) is 0 Å². The monoisotopic (exact) mass is 368 g/mol. The van der Waals surface area contributed by atoms with Crippen LogP contribution in [-0.2, 0) is 0 Å². The van der Waals surface area contributed by atoms with Gasteiger partial charge in [0, 0.05) is 17.0 Å². The maximum absolute atomic E-state index is 11.0. The van der Waals surface area contributed by atoms with Crippen molar-refractivity contribution in [2.45, 2.75) is 85.5 Å². The molecule has 2 aromatic rings. The topological polar surface area (TPSA) is 40.5 Å². The molecule has 0 saturated heterocycles. The summed E-state index contributed by atoms with van der Waals surface area (Å²) in [5.74, 6) is 1.33. The predicted molar refractivity (Wildman–Crippen MR) is 115 cm³/mol. The van der Waals surface area contributed by atoms with Gasteiger partial charge in [-0.25, -0.2) is 0 Å². The van der Waals surface area contributed by atoms with Crippen LogP contribution in [0.2, 0.25) is 0 Å². The Balaban J connectivity index is 2.59. The number of phenolic OH excluding ortho intramolecular Hbond substituents is 2. The van der Waals surface area contributed by atoms with Crippen LogP contribution in [0, 0.1) is 13.8 Å². The van der Waals surface area contributed by atoms with Gasteiger partial charge in [-0.2, -0.15) is 0 Å². The van der Waals surface area contributed by atoms with Crippen LogP contribution < -0.4 is 0 Å². The third kappa shape index (κ3) is 4.48. The van der Waals surface area contributed by atoms with E-state index in [2.05, 4.69) is 72.7 Å². The van der Waals surface area contributed by atoms with Crippen LogP contribution in [0.4, 0.5) is 0 Å². The summed E-state index contributed by atoms with van der Waals surface area (Å²) < 4.78 is 0. The number of aryl methyl sites for hydroxylation is 2. The molecule has 2 aromatic carbocycles. The second-order valence-electron chi connectivity index (χ2n) is 8.30. The fraction of sp³-hybridized carbons (Fsp3) is 0.520. The first-order valence-electron chi connectivity index (χ1n) is 10.4. The minimum Gasteiger partial charge on any atom is -0.507 e. The first-order chi connectivity index (χ1) is 12.7. The number of phenols is 2.